The molecule has 2 aromatic rings. The zero-order valence-electron chi connectivity index (χ0n) is 10.3. The van der Waals surface area contributed by atoms with E-state index in [0.29, 0.717) is 10.8 Å². The van der Waals surface area contributed by atoms with E-state index in [2.05, 4.69) is 36.4 Å². The van der Waals surface area contributed by atoms with E-state index in [9.17, 15) is 4.79 Å². The van der Waals surface area contributed by atoms with Crippen molar-refractivity contribution in [1.82, 2.24) is 15.2 Å². The number of benzene rings is 1. The van der Waals surface area contributed by atoms with Crippen LogP contribution in [0.4, 0.5) is 5.95 Å². The Morgan fingerprint density at radius 2 is 2.35 bits per heavy atom. The molecule has 2 N–H and O–H groups in total. The number of aromatic amines is 1. The number of carbonyl (C=O) groups excluding carboxylic acids is 1. The number of hydrogen-bond donors (Lipinski definition) is 2. The van der Waals surface area contributed by atoms with E-state index in [4.69, 9.17) is 21.1 Å². The first-order valence-electron chi connectivity index (χ1n) is 5.42. The van der Waals surface area contributed by atoms with Crippen molar-refractivity contribution in [3.63, 3.8) is 0 Å². The summed E-state index contributed by atoms with van der Waals surface area (Å²) in [5.41, 5.74) is 0. The van der Waals surface area contributed by atoms with Gasteiger partial charge in [-0.25, -0.2) is 5.10 Å². The van der Waals surface area contributed by atoms with Gasteiger partial charge in [-0.05, 0) is 18.2 Å². The second-order valence-electron chi connectivity index (χ2n) is 3.58. The predicted octanol–water partition coefficient (Wildman–Crippen LogP) is 2.25. The lowest BCUT2D eigenvalue weighted by atomic mass is 10.3. The number of methoxy groups -OCH3 is 1. The van der Waals surface area contributed by atoms with Crippen molar-refractivity contribution in [2.75, 3.05) is 19.0 Å². The van der Waals surface area contributed by atoms with Gasteiger partial charge in [-0.3, -0.25) is 10.1 Å². The number of ether oxygens (including phenoxy) is 2. The molecule has 0 aliphatic carbocycles. The molecule has 9 heteroatoms. The molecule has 0 bridgehead atoms. The van der Waals surface area contributed by atoms with E-state index >= 15 is 0 Å². The van der Waals surface area contributed by atoms with Gasteiger partial charge in [0.1, 0.15) is 5.75 Å². The Labute approximate surface area is 127 Å². The first-order valence-corrected chi connectivity index (χ1v) is 6.59. The van der Waals surface area contributed by atoms with Gasteiger partial charge in [-0.2, -0.15) is 4.98 Å². The number of anilines is 1. The third kappa shape index (κ3) is 3.84. The van der Waals surface area contributed by atoms with E-state index in [0.717, 1.165) is 4.47 Å². The molecule has 1 amide bonds. The highest BCUT2D eigenvalue weighted by molar-refractivity contribution is 9.10. The second kappa shape index (κ2) is 6.58. The van der Waals surface area contributed by atoms with Gasteiger partial charge in [0.25, 0.3) is 5.91 Å². The Kier molecular flexibility index (Phi) is 4.80. The normalized spacial score (nSPS) is 10.2. The summed E-state index contributed by atoms with van der Waals surface area (Å²) < 4.78 is 10.9. The minimum absolute atomic E-state index is 0.136. The number of amides is 1. The van der Waals surface area contributed by atoms with Gasteiger partial charge in [0.2, 0.25) is 5.95 Å². The van der Waals surface area contributed by atoms with E-state index < -0.39 is 5.91 Å². The van der Waals surface area contributed by atoms with Crippen LogP contribution in [0.1, 0.15) is 0 Å². The highest BCUT2D eigenvalue weighted by Gasteiger charge is 2.09. The summed E-state index contributed by atoms with van der Waals surface area (Å²) in [5.74, 6) is 0.195. The lowest BCUT2D eigenvalue weighted by Crippen LogP contribution is -2.21. The van der Waals surface area contributed by atoms with E-state index in [1.54, 1.807) is 18.2 Å². The number of nitrogens with zero attached hydrogens (tertiary/aromatic N) is 2. The van der Waals surface area contributed by atoms with Crippen molar-refractivity contribution >= 4 is 39.4 Å². The lowest BCUT2D eigenvalue weighted by molar-refractivity contribution is -0.118. The average molecular weight is 362 g/mol. The molecule has 2 rings (SSSR count). The topological polar surface area (TPSA) is 89.1 Å². The SMILES string of the molecule is COc1n[nH]c(NC(=O)COc2ccc(Br)cc2Cl)n1. The monoisotopic (exact) mass is 360 g/mol. The average Bonchev–Trinajstić information content (AvgIpc) is 2.85. The Balaban J connectivity index is 1.88. The summed E-state index contributed by atoms with van der Waals surface area (Å²) in [6, 6.07) is 5.24. The zero-order valence-corrected chi connectivity index (χ0v) is 12.7. The van der Waals surface area contributed by atoms with E-state index in [1.165, 1.54) is 7.11 Å². The Morgan fingerprint density at radius 1 is 1.55 bits per heavy atom. The number of hydrogen-bond acceptors (Lipinski definition) is 5. The first-order chi connectivity index (χ1) is 9.58. The van der Waals surface area contributed by atoms with Crippen molar-refractivity contribution in [2.45, 2.75) is 0 Å². The molecule has 0 saturated carbocycles. The van der Waals surface area contributed by atoms with Gasteiger partial charge in [0.15, 0.2) is 6.61 Å². The van der Waals surface area contributed by atoms with E-state index in [-0.39, 0.29) is 18.6 Å². The van der Waals surface area contributed by atoms with Gasteiger partial charge in [0.05, 0.1) is 12.1 Å². The van der Waals surface area contributed by atoms with Crippen LogP contribution in [0.3, 0.4) is 0 Å². The molecule has 0 saturated heterocycles. The maximum atomic E-state index is 11.6. The lowest BCUT2D eigenvalue weighted by Gasteiger charge is -2.07. The van der Waals surface area contributed by atoms with Gasteiger partial charge in [0, 0.05) is 4.47 Å². The number of halogens is 2. The summed E-state index contributed by atoms with van der Waals surface area (Å²) in [4.78, 5) is 15.5. The summed E-state index contributed by atoms with van der Waals surface area (Å²) in [6.07, 6.45) is 0. The zero-order chi connectivity index (χ0) is 14.5. The second-order valence-corrected chi connectivity index (χ2v) is 4.91. The molecule has 1 heterocycles. The number of carbonyl (C=O) groups is 1. The summed E-state index contributed by atoms with van der Waals surface area (Å²) >= 11 is 9.24. The number of aromatic nitrogens is 3. The Hall–Kier alpha value is -1.80. The molecule has 0 radical (unpaired) electrons. The number of nitrogens with one attached hydrogen (secondary N) is 2. The third-order valence-electron chi connectivity index (χ3n) is 2.16. The first kappa shape index (κ1) is 14.6. The largest absolute Gasteiger partial charge is 0.482 e. The van der Waals surface area contributed by atoms with Crippen LogP contribution < -0.4 is 14.8 Å². The fourth-order valence-electron chi connectivity index (χ4n) is 1.30. The molecule has 7 nitrogen and oxygen atoms in total. The van der Waals surface area contributed by atoms with Crippen LogP contribution in [0.5, 0.6) is 11.8 Å². The van der Waals surface area contributed by atoms with Crippen LogP contribution in [-0.4, -0.2) is 34.8 Å². The fourth-order valence-corrected chi connectivity index (χ4v) is 2.03. The smallest absolute Gasteiger partial charge is 0.336 e. The molecule has 1 aromatic heterocycles. The Morgan fingerprint density at radius 3 is 3.00 bits per heavy atom. The minimum atomic E-state index is -0.400. The minimum Gasteiger partial charge on any atom is -0.482 e. The highest BCUT2D eigenvalue weighted by atomic mass is 79.9. The maximum absolute atomic E-state index is 11.6. The van der Waals surface area contributed by atoms with Crippen LogP contribution in [0, 0.1) is 0 Å². The molecular weight excluding hydrogens is 352 g/mol. The molecule has 20 heavy (non-hydrogen) atoms. The molecule has 0 aliphatic rings. The molecule has 1 aromatic carbocycles. The Bertz CT molecular complexity index is 619. The number of rotatable bonds is 5. The third-order valence-corrected chi connectivity index (χ3v) is 2.95. The van der Waals surface area contributed by atoms with Crippen molar-refractivity contribution in [3.8, 4) is 11.8 Å². The molecule has 106 valence electrons. The molecular formula is C11H10BrClN4O3. The predicted molar refractivity (Wildman–Crippen MR) is 76.2 cm³/mol. The van der Waals surface area contributed by atoms with Gasteiger partial charge in [-0.15, -0.1) is 5.10 Å². The van der Waals surface area contributed by atoms with Crippen LogP contribution >= 0.6 is 27.5 Å². The van der Waals surface area contributed by atoms with E-state index in [1.807, 2.05) is 0 Å². The van der Waals surface area contributed by atoms with Crippen molar-refractivity contribution in [2.24, 2.45) is 0 Å². The van der Waals surface area contributed by atoms with Crippen molar-refractivity contribution in [1.29, 1.82) is 0 Å². The van der Waals surface area contributed by atoms with Gasteiger partial charge in [-0.1, -0.05) is 27.5 Å². The quantitative estimate of drug-likeness (QED) is 0.852. The summed E-state index contributed by atoms with van der Waals surface area (Å²) in [7, 11) is 1.42. The standard InChI is InChI=1S/C11H10BrClN4O3/c1-19-11-15-10(16-17-11)14-9(18)5-20-8-3-2-6(12)4-7(8)13/h2-4H,5H2,1H3,(H2,14,15,16,17,18). The van der Waals surface area contributed by atoms with Crippen molar-refractivity contribution in [3.05, 3.63) is 27.7 Å². The summed E-state index contributed by atoms with van der Waals surface area (Å²) in [6.45, 7) is -0.204. The number of H-pyrrole nitrogens is 1. The maximum Gasteiger partial charge on any atom is 0.336 e. The van der Waals surface area contributed by atoms with Crippen LogP contribution in [0.15, 0.2) is 22.7 Å². The molecule has 0 fully saturated rings. The highest BCUT2D eigenvalue weighted by Crippen LogP contribution is 2.27. The van der Waals surface area contributed by atoms with Crippen LogP contribution in [0.25, 0.3) is 0 Å². The van der Waals surface area contributed by atoms with Crippen molar-refractivity contribution < 1.29 is 14.3 Å². The fraction of sp³-hybridized carbons (Fsp3) is 0.182. The van der Waals surface area contributed by atoms with Crippen LogP contribution in [0.2, 0.25) is 5.02 Å². The molecule has 0 unspecified atom stereocenters. The molecule has 0 atom stereocenters. The van der Waals surface area contributed by atoms with Gasteiger partial charge >= 0.3 is 6.01 Å². The summed E-state index contributed by atoms with van der Waals surface area (Å²) in [5, 5.41) is 9.07. The molecule has 0 aliphatic heterocycles. The van der Waals surface area contributed by atoms with Gasteiger partial charge < -0.3 is 9.47 Å². The van der Waals surface area contributed by atoms with Crippen LogP contribution in [-0.2, 0) is 4.79 Å². The molecule has 0 spiro atoms.